The summed E-state index contributed by atoms with van der Waals surface area (Å²) in [4.78, 5) is 52.6. The smallest absolute Gasteiger partial charge is 0.262 e. The molecule has 3 aliphatic rings. The summed E-state index contributed by atoms with van der Waals surface area (Å²) in [5.74, 6) is -3.09. The van der Waals surface area contributed by atoms with Crippen molar-refractivity contribution in [1.82, 2.24) is 15.5 Å². The molecule has 1 unspecified atom stereocenters. The van der Waals surface area contributed by atoms with E-state index in [0.29, 0.717) is 32.7 Å². The predicted molar refractivity (Wildman–Crippen MR) is 127 cm³/mol. The first-order valence-electron chi connectivity index (χ1n) is 11.8. The highest BCUT2D eigenvalue weighted by atomic mass is 19.1. The van der Waals surface area contributed by atoms with Crippen LogP contribution < -0.4 is 20.9 Å². The van der Waals surface area contributed by atoms with Gasteiger partial charge in [0.2, 0.25) is 11.8 Å². The maximum Gasteiger partial charge on any atom is 0.262 e. The molecule has 0 saturated carbocycles. The van der Waals surface area contributed by atoms with Crippen LogP contribution in [0.4, 0.5) is 15.8 Å². The molecule has 1 fully saturated rings. The van der Waals surface area contributed by atoms with Gasteiger partial charge in [-0.25, -0.2) is 4.39 Å². The average molecular weight is 480 g/mol. The normalized spacial score (nSPS) is 21.1. The molecule has 3 N–H and O–H groups in total. The monoisotopic (exact) mass is 479 g/mol. The Bertz CT molecular complexity index is 1190. The van der Waals surface area contributed by atoms with Gasteiger partial charge in [0.1, 0.15) is 11.9 Å². The minimum absolute atomic E-state index is 0.0299. The van der Waals surface area contributed by atoms with Crippen LogP contribution in [0.1, 0.15) is 45.5 Å². The van der Waals surface area contributed by atoms with Gasteiger partial charge in [0.15, 0.2) is 0 Å². The molecule has 3 aliphatic heterocycles. The van der Waals surface area contributed by atoms with Crippen molar-refractivity contribution in [2.75, 3.05) is 36.4 Å². The van der Waals surface area contributed by atoms with E-state index < -0.39 is 35.5 Å². The van der Waals surface area contributed by atoms with Crippen LogP contribution in [0.15, 0.2) is 36.4 Å². The van der Waals surface area contributed by atoms with Gasteiger partial charge in [0.25, 0.3) is 11.8 Å². The molecule has 2 aromatic carbocycles. The van der Waals surface area contributed by atoms with Gasteiger partial charge in [-0.2, -0.15) is 0 Å². The fourth-order valence-electron chi connectivity index (χ4n) is 4.85. The zero-order valence-corrected chi connectivity index (χ0v) is 19.1. The van der Waals surface area contributed by atoms with Crippen molar-refractivity contribution in [1.29, 1.82) is 0 Å². The van der Waals surface area contributed by atoms with Crippen molar-refractivity contribution >= 4 is 35.0 Å². The molecule has 4 amide bonds. The number of piperidine rings is 1. The van der Waals surface area contributed by atoms with Crippen molar-refractivity contribution < 1.29 is 23.6 Å². The SMILES string of the molecule is O=C1CCC(N2C(=O)c3cc(F)c(N4CCCNc5ccccc5CNCC4)cc3C2=O)C(=O)N1. The number of benzene rings is 2. The summed E-state index contributed by atoms with van der Waals surface area (Å²) in [6.45, 7) is 3.01. The van der Waals surface area contributed by atoms with E-state index in [9.17, 15) is 19.2 Å². The molecule has 0 bridgehead atoms. The summed E-state index contributed by atoms with van der Waals surface area (Å²) < 4.78 is 15.3. The van der Waals surface area contributed by atoms with Crippen molar-refractivity contribution in [3.8, 4) is 0 Å². The lowest BCUT2D eigenvalue weighted by molar-refractivity contribution is -0.136. The van der Waals surface area contributed by atoms with E-state index in [0.717, 1.165) is 28.6 Å². The van der Waals surface area contributed by atoms with Gasteiger partial charge in [-0.3, -0.25) is 29.4 Å². The molecule has 0 spiro atoms. The summed E-state index contributed by atoms with van der Waals surface area (Å²) in [5, 5.41) is 8.97. The molecule has 9 nitrogen and oxygen atoms in total. The van der Waals surface area contributed by atoms with Crippen molar-refractivity contribution in [2.24, 2.45) is 0 Å². The van der Waals surface area contributed by atoms with Crippen LogP contribution in [0.5, 0.6) is 0 Å². The fourth-order valence-corrected chi connectivity index (χ4v) is 4.85. The molecule has 3 heterocycles. The standard InChI is InChI=1S/C25H26FN5O4/c26-18-12-16-17(25(35)31(24(16)34)20-6-7-22(32)29-23(20)33)13-21(18)30-10-3-8-28-19-5-2-1-4-15(19)14-27-9-11-30/h1-2,4-5,12-13,20,27-28H,3,6-11,14H2,(H,29,32,33). The summed E-state index contributed by atoms with van der Waals surface area (Å²) in [6, 6.07) is 9.48. The first kappa shape index (κ1) is 23.0. The lowest BCUT2D eigenvalue weighted by Gasteiger charge is -2.27. The van der Waals surface area contributed by atoms with E-state index in [1.807, 2.05) is 23.1 Å². The number of carbonyl (C=O) groups is 4. The molecule has 5 rings (SSSR count). The number of rotatable bonds is 2. The van der Waals surface area contributed by atoms with Gasteiger partial charge >= 0.3 is 0 Å². The van der Waals surface area contributed by atoms with E-state index >= 15 is 4.39 Å². The van der Waals surface area contributed by atoms with E-state index in [4.69, 9.17) is 0 Å². The summed E-state index contributed by atoms with van der Waals surface area (Å²) in [7, 11) is 0. The van der Waals surface area contributed by atoms with E-state index in [2.05, 4.69) is 22.0 Å². The van der Waals surface area contributed by atoms with Crippen LogP contribution in [0.2, 0.25) is 0 Å². The highest BCUT2D eigenvalue weighted by Gasteiger charge is 2.45. The molecule has 0 aromatic heterocycles. The number of para-hydroxylation sites is 1. The zero-order valence-electron chi connectivity index (χ0n) is 19.1. The second-order valence-corrected chi connectivity index (χ2v) is 8.90. The Labute approximate surface area is 201 Å². The molecule has 182 valence electrons. The number of halogens is 1. The van der Waals surface area contributed by atoms with Gasteiger partial charge in [0.05, 0.1) is 16.8 Å². The topological polar surface area (TPSA) is 111 Å². The Morgan fingerprint density at radius 3 is 2.51 bits per heavy atom. The Hall–Kier alpha value is -3.79. The lowest BCUT2D eigenvalue weighted by Crippen LogP contribution is -2.54. The molecule has 0 radical (unpaired) electrons. The number of hydrogen-bond donors (Lipinski definition) is 3. The number of amides is 4. The molecule has 2 aromatic rings. The van der Waals surface area contributed by atoms with Crippen LogP contribution >= 0.6 is 0 Å². The summed E-state index contributed by atoms with van der Waals surface area (Å²) >= 11 is 0. The summed E-state index contributed by atoms with van der Waals surface area (Å²) in [5.41, 5.74) is 2.48. The van der Waals surface area contributed by atoms with Crippen LogP contribution in [-0.4, -0.2) is 60.7 Å². The highest BCUT2D eigenvalue weighted by Crippen LogP contribution is 2.32. The van der Waals surface area contributed by atoms with E-state index in [1.54, 1.807) is 0 Å². The number of fused-ring (bicyclic) bond motifs is 2. The van der Waals surface area contributed by atoms with Crippen LogP contribution in [0.3, 0.4) is 0 Å². The molecular formula is C25H26FN5O4. The second-order valence-electron chi connectivity index (χ2n) is 8.90. The Morgan fingerprint density at radius 2 is 1.71 bits per heavy atom. The maximum absolute atomic E-state index is 15.3. The van der Waals surface area contributed by atoms with E-state index in [-0.39, 0.29) is 29.7 Å². The molecule has 1 atom stereocenters. The molecular weight excluding hydrogens is 453 g/mol. The molecule has 1 saturated heterocycles. The van der Waals surface area contributed by atoms with Gasteiger partial charge in [-0.1, -0.05) is 18.2 Å². The van der Waals surface area contributed by atoms with Crippen LogP contribution in [0, 0.1) is 5.82 Å². The minimum Gasteiger partial charge on any atom is -0.385 e. The molecule has 10 heteroatoms. The third kappa shape index (κ3) is 4.37. The first-order chi connectivity index (χ1) is 16.9. The third-order valence-corrected chi connectivity index (χ3v) is 6.66. The molecule has 0 aliphatic carbocycles. The largest absolute Gasteiger partial charge is 0.385 e. The Kier molecular flexibility index (Phi) is 6.21. The van der Waals surface area contributed by atoms with Crippen molar-refractivity contribution in [2.45, 2.75) is 31.8 Å². The fraction of sp³-hybridized carbons (Fsp3) is 0.360. The number of hydrogen-bond acceptors (Lipinski definition) is 7. The number of nitrogens with zero attached hydrogens (tertiary/aromatic N) is 2. The number of imide groups is 2. The Morgan fingerprint density at radius 1 is 0.943 bits per heavy atom. The Balaban J connectivity index is 1.37. The van der Waals surface area contributed by atoms with Gasteiger partial charge in [0, 0.05) is 44.8 Å². The van der Waals surface area contributed by atoms with Crippen molar-refractivity contribution in [3.05, 3.63) is 58.9 Å². The van der Waals surface area contributed by atoms with Crippen LogP contribution in [-0.2, 0) is 16.1 Å². The minimum atomic E-state index is -1.08. The average Bonchev–Trinajstić information content (AvgIpc) is 3.05. The van der Waals surface area contributed by atoms with Gasteiger partial charge < -0.3 is 15.5 Å². The predicted octanol–water partition coefficient (Wildman–Crippen LogP) is 1.64. The van der Waals surface area contributed by atoms with Gasteiger partial charge in [-0.05, 0) is 36.6 Å². The second kappa shape index (κ2) is 9.46. The van der Waals surface area contributed by atoms with Crippen molar-refractivity contribution in [3.63, 3.8) is 0 Å². The highest BCUT2D eigenvalue weighted by molar-refractivity contribution is 6.23. The number of anilines is 2. The number of carbonyl (C=O) groups excluding carboxylic acids is 4. The zero-order chi connectivity index (χ0) is 24.5. The van der Waals surface area contributed by atoms with Crippen LogP contribution in [0.25, 0.3) is 0 Å². The third-order valence-electron chi connectivity index (χ3n) is 6.66. The first-order valence-corrected chi connectivity index (χ1v) is 11.8. The maximum atomic E-state index is 15.3. The van der Waals surface area contributed by atoms with E-state index in [1.165, 1.54) is 6.07 Å². The summed E-state index contributed by atoms with van der Waals surface area (Å²) in [6.07, 6.45) is 0.820. The number of nitrogens with one attached hydrogen (secondary N) is 3. The molecule has 35 heavy (non-hydrogen) atoms. The lowest BCUT2D eigenvalue weighted by atomic mass is 10.0. The van der Waals surface area contributed by atoms with Gasteiger partial charge in [-0.15, -0.1) is 0 Å². The quantitative estimate of drug-likeness (QED) is 0.562.